The second kappa shape index (κ2) is 6.16. The van der Waals surface area contributed by atoms with Gasteiger partial charge in [0, 0.05) is 19.5 Å². The van der Waals surface area contributed by atoms with Gasteiger partial charge in [0.05, 0.1) is 0 Å². The number of nitrogens with zero attached hydrogens (tertiary/aromatic N) is 1. The van der Waals surface area contributed by atoms with Crippen LogP contribution in [0.25, 0.3) is 0 Å². The SMILES string of the molecule is O=C(CCC1COc2ccccc2O1)N1CCCCC1. The van der Waals surface area contributed by atoms with Gasteiger partial charge in [-0.1, -0.05) is 12.1 Å². The molecule has 0 aliphatic carbocycles. The zero-order chi connectivity index (χ0) is 13.8. The molecule has 2 heterocycles. The molecule has 1 amide bonds. The van der Waals surface area contributed by atoms with Crippen LogP contribution in [0.3, 0.4) is 0 Å². The molecular formula is C16H21NO3. The number of likely N-dealkylation sites (tertiary alicyclic amines) is 1. The van der Waals surface area contributed by atoms with Gasteiger partial charge in [-0.2, -0.15) is 0 Å². The Balaban J connectivity index is 1.49. The van der Waals surface area contributed by atoms with E-state index in [9.17, 15) is 4.79 Å². The molecule has 0 aromatic heterocycles. The van der Waals surface area contributed by atoms with Crippen LogP contribution < -0.4 is 9.47 Å². The molecule has 108 valence electrons. The topological polar surface area (TPSA) is 38.8 Å². The summed E-state index contributed by atoms with van der Waals surface area (Å²) in [6.07, 6.45) is 4.79. The van der Waals surface area contributed by atoms with E-state index in [2.05, 4.69) is 0 Å². The van der Waals surface area contributed by atoms with Crippen molar-refractivity contribution in [3.63, 3.8) is 0 Å². The minimum Gasteiger partial charge on any atom is -0.486 e. The zero-order valence-electron chi connectivity index (χ0n) is 11.7. The van der Waals surface area contributed by atoms with Crippen molar-refractivity contribution in [1.82, 2.24) is 4.90 Å². The Labute approximate surface area is 119 Å². The first kappa shape index (κ1) is 13.3. The molecule has 1 atom stereocenters. The fraction of sp³-hybridized carbons (Fsp3) is 0.562. The highest BCUT2D eigenvalue weighted by molar-refractivity contribution is 5.76. The third-order valence-corrected chi connectivity index (χ3v) is 3.96. The fourth-order valence-corrected chi connectivity index (χ4v) is 2.79. The fourth-order valence-electron chi connectivity index (χ4n) is 2.79. The lowest BCUT2D eigenvalue weighted by Crippen LogP contribution is -2.37. The van der Waals surface area contributed by atoms with Gasteiger partial charge in [0.1, 0.15) is 12.7 Å². The summed E-state index contributed by atoms with van der Waals surface area (Å²) < 4.78 is 11.5. The van der Waals surface area contributed by atoms with Crippen molar-refractivity contribution < 1.29 is 14.3 Å². The van der Waals surface area contributed by atoms with Crippen LogP contribution in [0.2, 0.25) is 0 Å². The minimum absolute atomic E-state index is 0.0151. The zero-order valence-corrected chi connectivity index (χ0v) is 11.7. The van der Waals surface area contributed by atoms with Crippen LogP contribution in [0.4, 0.5) is 0 Å². The maximum Gasteiger partial charge on any atom is 0.222 e. The van der Waals surface area contributed by atoms with Crippen LogP contribution in [0, 0.1) is 0 Å². The molecule has 1 aromatic carbocycles. The van der Waals surface area contributed by atoms with E-state index in [1.54, 1.807) is 0 Å². The molecule has 0 N–H and O–H groups in total. The Kier molecular flexibility index (Phi) is 4.09. The smallest absolute Gasteiger partial charge is 0.222 e. The third kappa shape index (κ3) is 3.06. The summed E-state index contributed by atoms with van der Waals surface area (Å²) in [4.78, 5) is 14.1. The number of carbonyl (C=O) groups excluding carboxylic acids is 1. The standard InChI is InChI=1S/C16H21NO3/c18-16(17-10-4-1-5-11-17)9-8-13-12-19-14-6-2-3-7-15(14)20-13/h2-3,6-7,13H,1,4-5,8-12H2. The number of carbonyl (C=O) groups is 1. The number of benzene rings is 1. The second-order valence-electron chi connectivity index (χ2n) is 5.48. The van der Waals surface area contributed by atoms with E-state index in [-0.39, 0.29) is 12.0 Å². The van der Waals surface area contributed by atoms with Gasteiger partial charge < -0.3 is 14.4 Å². The first-order valence-electron chi connectivity index (χ1n) is 7.49. The van der Waals surface area contributed by atoms with Crippen molar-refractivity contribution in [2.24, 2.45) is 0 Å². The molecule has 0 spiro atoms. The van der Waals surface area contributed by atoms with E-state index >= 15 is 0 Å². The van der Waals surface area contributed by atoms with Crippen LogP contribution in [0.1, 0.15) is 32.1 Å². The summed E-state index contributed by atoms with van der Waals surface area (Å²) in [5.41, 5.74) is 0. The predicted octanol–water partition coefficient (Wildman–Crippen LogP) is 2.62. The van der Waals surface area contributed by atoms with Gasteiger partial charge >= 0.3 is 0 Å². The van der Waals surface area contributed by atoms with Crippen LogP contribution >= 0.6 is 0 Å². The maximum absolute atomic E-state index is 12.1. The predicted molar refractivity (Wildman–Crippen MR) is 76.0 cm³/mol. The van der Waals surface area contributed by atoms with Crippen molar-refractivity contribution in [2.75, 3.05) is 19.7 Å². The van der Waals surface area contributed by atoms with Crippen LogP contribution in [-0.4, -0.2) is 36.6 Å². The van der Waals surface area contributed by atoms with Crippen LogP contribution in [0.5, 0.6) is 11.5 Å². The Morgan fingerprint density at radius 3 is 2.70 bits per heavy atom. The molecule has 2 aliphatic rings. The molecule has 4 nitrogen and oxygen atoms in total. The number of para-hydroxylation sites is 2. The molecule has 1 unspecified atom stereocenters. The maximum atomic E-state index is 12.1. The summed E-state index contributed by atoms with van der Waals surface area (Å²) in [6, 6.07) is 7.68. The molecule has 2 aliphatic heterocycles. The summed E-state index contributed by atoms with van der Waals surface area (Å²) in [6.45, 7) is 2.37. The van der Waals surface area contributed by atoms with Crippen molar-refractivity contribution >= 4 is 5.91 Å². The molecule has 3 rings (SSSR count). The lowest BCUT2D eigenvalue weighted by molar-refractivity contribution is -0.132. The van der Waals surface area contributed by atoms with Gasteiger partial charge in [0.25, 0.3) is 0 Å². The van der Waals surface area contributed by atoms with Crippen molar-refractivity contribution in [2.45, 2.75) is 38.2 Å². The molecule has 4 heteroatoms. The van der Waals surface area contributed by atoms with Gasteiger partial charge in [0.2, 0.25) is 5.91 Å². The minimum atomic E-state index is -0.0151. The normalized spacial score (nSPS) is 21.6. The summed E-state index contributed by atoms with van der Waals surface area (Å²) in [5, 5.41) is 0. The number of amides is 1. The van der Waals surface area contributed by atoms with Gasteiger partial charge in [-0.05, 0) is 37.8 Å². The number of piperidine rings is 1. The van der Waals surface area contributed by atoms with E-state index in [1.807, 2.05) is 29.2 Å². The highest BCUT2D eigenvalue weighted by Gasteiger charge is 2.23. The van der Waals surface area contributed by atoms with E-state index in [0.29, 0.717) is 13.0 Å². The lowest BCUT2D eigenvalue weighted by Gasteiger charge is -2.29. The highest BCUT2D eigenvalue weighted by atomic mass is 16.6. The summed E-state index contributed by atoms with van der Waals surface area (Å²) in [7, 11) is 0. The molecule has 0 radical (unpaired) electrons. The molecule has 1 saturated heterocycles. The Morgan fingerprint density at radius 1 is 1.15 bits per heavy atom. The second-order valence-corrected chi connectivity index (χ2v) is 5.48. The van der Waals surface area contributed by atoms with Crippen LogP contribution in [-0.2, 0) is 4.79 Å². The average molecular weight is 275 g/mol. The van der Waals surface area contributed by atoms with Gasteiger partial charge in [0.15, 0.2) is 11.5 Å². The lowest BCUT2D eigenvalue weighted by atomic mass is 10.1. The quantitative estimate of drug-likeness (QED) is 0.851. The first-order chi connectivity index (χ1) is 9.83. The van der Waals surface area contributed by atoms with Gasteiger partial charge in [-0.15, -0.1) is 0 Å². The van der Waals surface area contributed by atoms with Crippen molar-refractivity contribution in [1.29, 1.82) is 0 Å². The van der Waals surface area contributed by atoms with Crippen LogP contribution in [0.15, 0.2) is 24.3 Å². The molecular weight excluding hydrogens is 254 g/mol. The third-order valence-electron chi connectivity index (χ3n) is 3.96. The average Bonchev–Trinajstić information content (AvgIpc) is 2.53. The first-order valence-corrected chi connectivity index (χ1v) is 7.49. The Morgan fingerprint density at radius 2 is 1.90 bits per heavy atom. The van der Waals surface area contributed by atoms with E-state index in [1.165, 1.54) is 6.42 Å². The largest absolute Gasteiger partial charge is 0.486 e. The number of rotatable bonds is 3. The molecule has 20 heavy (non-hydrogen) atoms. The number of ether oxygens (including phenoxy) is 2. The van der Waals surface area contributed by atoms with Crippen molar-refractivity contribution in [3.8, 4) is 11.5 Å². The van der Waals surface area contributed by atoms with Crippen molar-refractivity contribution in [3.05, 3.63) is 24.3 Å². The van der Waals surface area contributed by atoms with E-state index in [4.69, 9.17) is 9.47 Å². The number of hydrogen-bond acceptors (Lipinski definition) is 3. The highest BCUT2D eigenvalue weighted by Crippen LogP contribution is 2.31. The van der Waals surface area contributed by atoms with Gasteiger partial charge in [-0.25, -0.2) is 0 Å². The number of hydrogen-bond donors (Lipinski definition) is 0. The van der Waals surface area contributed by atoms with E-state index in [0.717, 1.165) is 43.9 Å². The van der Waals surface area contributed by atoms with E-state index < -0.39 is 0 Å². The molecule has 0 saturated carbocycles. The number of fused-ring (bicyclic) bond motifs is 1. The summed E-state index contributed by atoms with van der Waals surface area (Å²) >= 11 is 0. The molecule has 1 fully saturated rings. The Bertz CT molecular complexity index is 469. The summed E-state index contributed by atoms with van der Waals surface area (Å²) in [5.74, 6) is 1.84. The molecule has 0 bridgehead atoms. The van der Waals surface area contributed by atoms with Gasteiger partial charge in [-0.3, -0.25) is 4.79 Å². The Hall–Kier alpha value is -1.71. The molecule has 1 aromatic rings. The monoisotopic (exact) mass is 275 g/mol.